The standard InChI is InChI=1S/C25H21Cl2NO5/c1-32-18-10-5-9-17(13-18)23(30)15-33-25(31)21(14-22(29)16-7-3-2-4-8-16)28-20-12-6-11-19(26)24(20)27/h2-13,21,28H,14-15H2,1H3. The number of esters is 1. The van der Waals surface area contributed by atoms with Crippen LogP contribution in [-0.4, -0.2) is 37.3 Å². The topological polar surface area (TPSA) is 81.7 Å². The molecule has 0 aliphatic carbocycles. The summed E-state index contributed by atoms with van der Waals surface area (Å²) in [6.07, 6.45) is -0.209. The molecule has 170 valence electrons. The van der Waals surface area contributed by atoms with Gasteiger partial charge in [-0.2, -0.15) is 0 Å². The molecule has 3 rings (SSSR count). The Balaban J connectivity index is 1.75. The maximum atomic E-state index is 12.9. The number of anilines is 1. The molecule has 3 aromatic rings. The van der Waals surface area contributed by atoms with Gasteiger partial charge in [-0.1, -0.05) is 71.7 Å². The van der Waals surface area contributed by atoms with E-state index in [1.807, 2.05) is 0 Å². The molecule has 0 bridgehead atoms. The summed E-state index contributed by atoms with van der Waals surface area (Å²) >= 11 is 12.3. The first-order chi connectivity index (χ1) is 15.9. The molecule has 0 saturated heterocycles. The second kappa shape index (κ2) is 11.5. The lowest BCUT2D eigenvalue weighted by Gasteiger charge is -2.19. The normalized spacial score (nSPS) is 11.4. The molecular formula is C25H21Cl2NO5. The van der Waals surface area contributed by atoms with Gasteiger partial charge in [-0.25, -0.2) is 4.79 Å². The maximum Gasteiger partial charge on any atom is 0.329 e. The van der Waals surface area contributed by atoms with E-state index in [-0.39, 0.29) is 22.2 Å². The Morgan fingerprint density at radius 2 is 1.58 bits per heavy atom. The molecule has 3 aromatic carbocycles. The van der Waals surface area contributed by atoms with Gasteiger partial charge in [0.15, 0.2) is 18.2 Å². The fourth-order valence-corrected chi connectivity index (χ4v) is 3.40. The number of Topliss-reactive ketones (excluding diaryl/α,β-unsaturated/α-hetero) is 2. The van der Waals surface area contributed by atoms with Crippen LogP contribution in [0.4, 0.5) is 5.69 Å². The van der Waals surface area contributed by atoms with Crippen molar-refractivity contribution < 1.29 is 23.9 Å². The van der Waals surface area contributed by atoms with Crippen molar-refractivity contribution in [1.82, 2.24) is 0 Å². The zero-order valence-electron chi connectivity index (χ0n) is 17.7. The van der Waals surface area contributed by atoms with E-state index in [2.05, 4.69) is 5.32 Å². The van der Waals surface area contributed by atoms with Crippen LogP contribution in [0.15, 0.2) is 72.8 Å². The Kier molecular flexibility index (Phi) is 8.46. The second-order valence-electron chi connectivity index (χ2n) is 7.05. The third kappa shape index (κ3) is 6.57. The summed E-state index contributed by atoms with van der Waals surface area (Å²) in [7, 11) is 1.49. The van der Waals surface area contributed by atoms with E-state index in [1.165, 1.54) is 7.11 Å². The first-order valence-corrected chi connectivity index (χ1v) is 10.8. The number of ketones is 2. The van der Waals surface area contributed by atoms with Crippen molar-refractivity contribution in [3.8, 4) is 5.75 Å². The fraction of sp³-hybridized carbons (Fsp3) is 0.160. The van der Waals surface area contributed by atoms with Gasteiger partial charge in [-0.15, -0.1) is 0 Å². The average molecular weight is 486 g/mol. The van der Waals surface area contributed by atoms with E-state index in [4.69, 9.17) is 32.7 Å². The molecule has 1 atom stereocenters. The van der Waals surface area contributed by atoms with Gasteiger partial charge in [0.1, 0.15) is 11.8 Å². The predicted molar refractivity (Wildman–Crippen MR) is 128 cm³/mol. The molecule has 1 unspecified atom stereocenters. The van der Waals surface area contributed by atoms with E-state index in [9.17, 15) is 14.4 Å². The molecule has 1 N–H and O–H groups in total. The van der Waals surface area contributed by atoms with Crippen molar-refractivity contribution in [2.24, 2.45) is 0 Å². The number of hydrogen-bond donors (Lipinski definition) is 1. The van der Waals surface area contributed by atoms with E-state index in [0.717, 1.165) is 0 Å². The van der Waals surface area contributed by atoms with Crippen LogP contribution in [0, 0.1) is 0 Å². The first-order valence-electron chi connectivity index (χ1n) is 10.0. The molecule has 0 aliphatic heterocycles. The zero-order chi connectivity index (χ0) is 23.8. The number of rotatable bonds is 10. The molecule has 0 radical (unpaired) electrons. The Hall–Kier alpha value is -3.35. The highest BCUT2D eigenvalue weighted by atomic mass is 35.5. The lowest BCUT2D eigenvalue weighted by Crippen LogP contribution is -2.35. The van der Waals surface area contributed by atoms with E-state index >= 15 is 0 Å². The zero-order valence-corrected chi connectivity index (χ0v) is 19.2. The summed E-state index contributed by atoms with van der Waals surface area (Å²) in [5, 5.41) is 3.42. The van der Waals surface area contributed by atoms with Crippen molar-refractivity contribution in [3.63, 3.8) is 0 Å². The molecule has 0 aliphatic rings. The highest BCUT2D eigenvalue weighted by molar-refractivity contribution is 6.43. The van der Waals surface area contributed by atoms with Crippen LogP contribution >= 0.6 is 23.2 Å². The second-order valence-corrected chi connectivity index (χ2v) is 7.84. The molecule has 0 aromatic heterocycles. The first kappa shape index (κ1) is 24.3. The average Bonchev–Trinajstić information content (AvgIpc) is 2.85. The number of benzene rings is 3. The van der Waals surface area contributed by atoms with Crippen LogP contribution in [0.2, 0.25) is 10.0 Å². The van der Waals surface area contributed by atoms with Crippen molar-refractivity contribution in [3.05, 3.63) is 94.0 Å². The number of hydrogen-bond acceptors (Lipinski definition) is 6. The smallest absolute Gasteiger partial charge is 0.329 e. The van der Waals surface area contributed by atoms with Gasteiger partial charge >= 0.3 is 5.97 Å². The van der Waals surface area contributed by atoms with Crippen LogP contribution in [-0.2, 0) is 9.53 Å². The molecule has 8 heteroatoms. The Bertz CT molecular complexity index is 1150. The Labute approximate surface area is 201 Å². The minimum absolute atomic E-state index is 0.205. The van der Waals surface area contributed by atoms with Gasteiger partial charge < -0.3 is 14.8 Å². The number of carbonyl (C=O) groups excluding carboxylic acids is 3. The molecule has 0 spiro atoms. The maximum absolute atomic E-state index is 12.9. The molecule has 0 amide bonds. The predicted octanol–water partition coefficient (Wildman–Crippen LogP) is 5.48. The number of nitrogens with one attached hydrogen (secondary N) is 1. The summed E-state index contributed by atoms with van der Waals surface area (Å²) in [5.74, 6) is -0.944. The van der Waals surface area contributed by atoms with Gasteiger partial charge in [0, 0.05) is 17.5 Å². The molecule has 0 saturated carbocycles. The van der Waals surface area contributed by atoms with Gasteiger partial charge in [0.05, 0.1) is 22.8 Å². The molecule has 0 fully saturated rings. The van der Waals surface area contributed by atoms with E-state index in [1.54, 1.807) is 72.8 Å². The summed E-state index contributed by atoms with van der Waals surface area (Å²) in [6, 6.07) is 18.9. The number of ether oxygens (including phenoxy) is 2. The van der Waals surface area contributed by atoms with Crippen LogP contribution in [0.5, 0.6) is 5.75 Å². The van der Waals surface area contributed by atoms with Gasteiger partial charge in [-0.3, -0.25) is 9.59 Å². The third-order valence-corrected chi connectivity index (χ3v) is 5.61. The highest BCUT2D eigenvalue weighted by Crippen LogP contribution is 2.30. The fourth-order valence-electron chi connectivity index (χ4n) is 3.04. The third-order valence-electron chi connectivity index (χ3n) is 4.79. The van der Waals surface area contributed by atoms with E-state index in [0.29, 0.717) is 22.6 Å². The lowest BCUT2D eigenvalue weighted by atomic mass is 10.0. The minimum Gasteiger partial charge on any atom is -0.497 e. The van der Waals surface area contributed by atoms with Crippen molar-refractivity contribution >= 4 is 46.4 Å². The van der Waals surface area contributed by atoms with Crippen LogP contribution < -0.4 is 10.1 Å². The highest BCUT2D eigenvalue weighted by Gasteiger charge is 2.26. The molecule has 6 nitrogen and oxygen atoms in total. The Morgan fingerprint density at radius 3 is 2.30 bits per heavy atom. The van der Waals surface area contributed by atoms with Gasteiger partial charge in [0.2, 0.25) is 0 Å². The lowest BCUT2D eigenvalue weighted by molar-refractivity contribution is -0.143. The molecule has 33 heavy (non-hydrogen) atoms. The van der Waals surface area contributed by atoms with Gasteiger partial charge in [0.25, 0.3) is 0 Å². The largest absolute Gasteiger partial charge is 0.497 e. The van der Waals surface area contributed by atoms with E-state index < -0.39 is 24.4 Å². The number of methoxy groups -OCH3 is 1. The molecular weight excluding hydrogens is 465 g/mol. The summed E-state index contributed by atoms with van der Waals surface area (Å²) in [4.78, 5) is 38.1. The van der Waals surface area contributed by atoms with Crippen molar-refractivity contribution in [2.45, 2.75) is 12.5 Å². The van der Waals surface area contributed by atoms with Gasteiger partial charge in [-0.05, 0) is 24.3 Å². The monoisotopic (exact) mass is 485 g/mol. The van der Waals surface area contributed by atoms with Crippen LogP contribution in [0.3, 0.4) is 0 Å². The quantitative estimate of drug-likeness (QED) is 0.302. The van der Waals surface area contributed by atoms with Crippen LogP contribution in [0.1, 0.15) is 27.1 Å². The Morgan fingerprint density at radius 1 is 0.879 bits per heavy atom. The minimum atomic E-state index is -1.09. The van der Waals surface area contributed by atoms with Crippen LogP contribution in [0.25, 0.3) is 0 Å². The number of halogens is 2. The number of carbonyl (C=O) groups is 3. The SMILES string of the molecule is COc1cccc(C(=O)COC(=O)C(CC(=O)c2ccccc2)Nc2cccc(Cl)c2Cl)c1. The van der Waals surface area contributed by atoms with Crippen molar-refractivity contribution in [2.75, 3.05) is 19.0 Å². The van der Waals surface area contributed by atoms with Crippen molar-refractivity contribution in [1.29, 1.82) is 0 Å². The summed E-state index contributed by atoms with van der Waals surface area (Å²) in [5.41, 5.74) is 1.15. The summed E-state index contributed by atoms with van der Waals surface area (Å²) < 4.78 is 10.4. The summed E-state index contributed by atoms with van der Waals surface area (Å²) in [6.45, 7) is -0.493. The molecule has 0 heterocycles.